The summed E-state index contributed by atoms with van der Waals surface area (Å²) in [6.45, 7) is 13.4. The van der Waals surface area contributed by atoms with Crippen LogP contribution < -0.4 is 5.73 Å². The molecule has 1 aromatic heterocycles. The zero-order chi connectivity index (χ0) is 13.3. The predicted molar refractivity (Wildman–Crippen MR) is 75.0 cm³/mol. The van der Waals surface area contributed by atoms with E-state index in [9.17, 15) is 0 Å². The summed E-state index contributed by atoms with van der Waals surface area (Å²) in [5.74, 6) is 0.678. The highest BCUT2D eigenvalue weighted by atomic mass is 14.8. The van der Waals surface area contributed by atoms with E-state index in [1.807, 2.05) is 6.20 Å². The Kier molecular flexibility index (Phi) is 3.85. The lowest BCUT2D eigenvalue weighted by atomic mass is 9.85. The number of hydrogen-bond donors (Lipinski definition) is 1. The van der Waals surface area contributed by atoms with Crippen molar-refractivity contribution in [2.75, 3.05) is 5.73 Å². The van der Waals surface area contributed by atoms with E-state index in [2.05, 4.69) is 52.6 Å². The van der Waals surface area contributed by atoms with Gasteiger partial charge < -0.3 is 5.73 Å². The molecule has 0 atom stereocenters. The van der Waals surface area contributed by atoms with E-state index in [4.69, 9.17) is 5.73 Å². The summed E-state index contributed by atoms with van der Waals surface area (Å²) >= 11 is 0. The van der Waals surface area contributed by atoms with E-state index >= 15 is 0 Å². The molecule has 1 heterocycles. The molecule has 1 rings (SSSR count). The van der Waals surface area contributed by atoms with Crippen LogP contribution >= 0.6 is 0 Å². The van der Waals surface area contributed by atoms with Crippen molar-refractivity contribution in [1.29, 1.82) is 0 Å². The zero-order valence-corrected chi connectivity index (χ0v) is 12.1. The molecule has 0 amide bonds. The standard InChI is InChI=1S/C15H26N2/c1-14(2,3)8-11-7-12(9-15(4,5)6)13(16)17-10-11/h7,10H,8-9H2,1-6H3,(H2,16,17). The van der Waals surface area contributed by atoms with Crippen molar-refractivity contribution >= 4 is 5.82 Å². The maximum Gasteiger partial charge on any atom is 0.126 e. The van der Waals surface area contributed by atoms with Crippen LogP contribution in [0.3, 0.4) is 0 Å². The number of aromatic nitrogens is 1. The van der Waals surface area contributed by atoms with Gasteiger partial charge in [-0.25, -0.2) is 4.98 Å². The van der Waals surface area contributed by atoms with Crippen molar-refractivity contribution < 1.29 is 0 Å². The van der Waals surface area contributed by atoms with Crippen LogP contribution in [0.2, 0.25) is 0 Å². The average molecular weight is 234 g/mol. The highest BCUT2D eigenvalue weighted by molar-refractivity contribution is 5.41. The lowest BCUT2D eigenvalue weighted by Gasteiger charge is -2.21. The van der Waals surface area contributed by atoms with E-state index in [-0.39, 0.29) is 10.8 Å². The molecule has 0 fully saturated rings. The molecule has 2 heteroatoms. The van der Waals surface area contributed by atoms with Gasteiger partial charge >= 0.3 is 0 Å². The first-order chi connectivity index (χ1) is 7.57. The number of hydrogen-bond acceptors (Lipinski definition) is 2. The number of nitrogen functional groups attached to an aromatic ring is 1. The van der Waals surface area contributed by atoms with Gasteiger partial charge in [-0.3, -0.25) is 0 Å². The maximum absolute atomic E-state index is 5.95. The molecular formula is C15H26N2. The highest BCUT2D eigenvalue weighted by Gasteiger charge is 2.16. The normalized spacial score (nSPS) is 12.8. The Hall–Kier alpha value is -1.05. The molecule has 0 saturated heterocycles. The molecule has 0 aromatic carbocycles. The molecule has 0 aliphatic heterocycles. The Labute approximate surface area is 106 Å². The van der Waals surface area contributed by atoms with Crippen LogP contribution in [-0.4, -0.2) is 4.98 Å². The molecule has 0 spiro atoms. The van der Waals surface area contributed by atoms with Gasteiger partial charge in [-0.05, 0) is 34.8 Å². The van der Waals surface area contributed by atoms with Gasteiger partial charge in [0.25, 0.3) is 0 Å². The smallest absolute Gasteiger partial charge is 0.126 e. The monoisotopic (exact) mass is 234 g/mol. The fourth-order valence-electron chi connectivity index (χ4n) is 1.99. The Morgan fingerprint density at radius 1 is 1.00 bits per heavy atom. The molecule has 0 aliphatic rings. The minimum atomic E-state index is 0.246. The summed E-state index contributed by atoms with van der Waals surface area (Å²) in [6.07, 6.45) is 3.92. The fraction of sp³-hybridized carbons (Fsp3) is 0.667. The van der Waals surface area contributed by atoms with Gasteiger partial charge in [0, 0.05) is 6.20 Å². The molecule has 0 saturated carbocycles. The summed E-state index contributed by atoms with van der Waals surface area (Å²) in [4.78, 5) is 4.33. The third-order valence-electron chi connectivity index (χ3n) is 2.51. The second-order valence-electron chi connectivity index (χ2n) is 7.36. The molecule has 2 N–H and O–H groups in total. The maximum atomic E-state index is 5.95. The van der Waals surface area contributed by atoms with Gasteiger partial charge in [-0.2, -0.15) is 0 Å². The predicted octanol–water partition coefficient (Wildman–Crippen LogP) is 3.84. The second kappa shape index (κ2) is 4.67. The van der Waals surface area contributed by atoms with Gasteiger partial charge in [0.05, 0.1) is 0 Å². The van der Waals surface area contributed by atoms with Crippen molar-refractivity contribution in [3.8, 4) is 0 Å². The Morgan fingerprint density at radius 2 is 1.53 bits per heavy atom. The van der Waals surface area contributed by atoms with Gasteiger partial charge in [0.1, 0.15) is 5.82 Å². The number of rotatable bonds is 2. The van der Waals surface area contributed by atoms with Crippen LogP contribution in [0.15, 0.2) is 12.3 Å². The van der Waals surface area contributed by atoms with Crippen LogP contribution in [0, 0.1) is 10.8 Å². The van der Waals surface area contributed by atoms with Crippen LogP contribution in [-0.2, 0) is 12.8 Å². The Morgan fingerprint density at radius 3 is 2.00 bits per heavy atom. The van der Waals surface area contributed by atoms with Gasteiger partial charge in [-0.15, -0.1) is 0 Å². The number of nitrogens with zero attached hydrogens (tertiary/aromatic N) is 1. The van der Waals surface area contributed by atoms with Crippen LogP contribution in [0.25, 0.3) is 0 Å². The number of anilines is 1. The second-order valence-corrected chi connectivity index (χ2v) is 7.36. The molecule has 0 aliphatic carbocycles. The molecule has 0 radical (unpaired) electrons. The summed E-state index contributed by atoms with van der Waals surface area (Å²) in [5, 5.41) is 0. The van der Waals surface area contributed by atoms with Crippen molar-refractivity contribution in [3.05, 3.63) is 23.4 Å². The molecule has 96 valence electrons. The summed E-state index contributed by atoms with van der Waals surface area (Å²) < 4.78 is 0. The fourth-order valence-corrected chi connectivity index (χ4v) is 1.99. The van der Waals surface area contributed by atoms with Crippen LogP contribution in [0.1, 0.15) is 52.7 Å². The summed E-state index contributed by atoms with van der Waals surface area (Å²) in [7, 11) is 0. The molecule has 0 unspecified atom stereocenters. The molecule has 1 aromatic rings. The quantitative estimate of drug-likeness (QED) is 0.844. The first-order valence-electron chi connectivity index (χ1n) is 6.30. The Bertz CT molecular complexity index is 381. The topological polar surface area (TPSA) is 38.9 Å². The summed E-state index contributed by atoms with van der Waals surface area (Å²) in [5.41, 5.74) is 8.95. The van der Waals surface area contributed by atoms with Gasteiger partial charge in [0.2, 0.25) is 0 Å². The van der Waals surface area contributed by atoms with E-state index in [1.165, 1.54) is 11.1 Å². The van der Waals surface area contributed by atoms with E-state index < -0.39 is 0 Å². The average Bonchev–Trinajstić information content (AvgIpc) is 2.05. The third kappa shape index (κ3) is 5.20. The number of nitrogens with two attached hydrogens (primary N) is 1. The van der Waals surface area contributed by atoms with Crippen molar-refractivity contribution in [3.63, 3.8) is 0 Å². The highest BCUT2D eigenvalue weighted by Crippen LogP contribution is 2.26. The largest absolute Gasteiger partial charge is 0.383 e. The first-order valence-corrected chi connectivity index (χ1v) is 6.30. The Balaban J connectivity index is 2.95. The minimum Gasteiger partial charge on any atom is -0.383 e. The zero-order valence-electron chi connectivity index (χ0n) is 12.1. The van der Waals surface area contributed by atoms with Gasteiger partial charge in [-0.1, -0.05) is 47.6 Å². The molecule has 2 nitrogen and oxygen atoms in total. The van der Waals surface area contributed by atoms with E-state index in [0.717, 1.165) is 12.8 Å². The minimum absolute atomic E-state index is 0.246. The lowest BCUT2D eigenvalue weighted by Crippen LogP contribution is -2.14. The van der Waals surface area contributed by atoms with Crippen molar-refractivity contribution in [2.24, 2.45) is 10.8 Å². The number of pyridine rings is 1. The van der Waals surface area contributed by atoms with Crippen LogP contribution in [0.5, 0.6) is 0 Å². The third-order valence-corrected chi connectivity index (χ3v) is 2.51. The van der Waals surface area contributed by atoms with E-state index in [0.29, 0.717) is 5.82 Å². The van der Waals surface area contributed by atoms with Crippen molar-refractivity contribution in [1.82, 2.24) is 4.98 Å². The van der Waals surface area contributed by atoms with E-state index in [1.54, 1.807) is 0 Å². The molecule has 0 bridgehead atoms. The lowest BCUT2D eigenvalue weighted by molar-refractivity contribution is 0.405. The van der Waals surface area contributed by atoms with Crippen LogP contribution in [0.4, 0.5) is 5.82 Å². The molecule has 17 heavy (non-hydrogen) atoms. The SMILES string of the molecule is CC(C)(C)Cc1cnc(N)c(CC(C)(C)C)c1. The van der Waals surface area contributed by atoms with Gasteiger partial charge in [0.15, 0.2) is 0 Å². The van der Waals surface area contributed by atoms with Crippen molar-refractivity contribution in [2.45, 2.75) is 54.4 Å². The molecular weight excluding hydrogens is 208 g/mol. The summed E-state index contributed by atoms with van der Waals surface area (Å²) in [6, 6.07) is 2.22. The first kappa shape index (κ1) is 14.0.